The van der Waals surface area contributed by atoms with Crippen LogP contribution in [0, 0.1) is 5.41 Å². The van der Waals surface area contributed by atoms with Gasteiger partial charge in [0.25, 0.3) is 0 Å². The molecule has 0 aliphatic carbocycles. The first-order valence-electron chi connectivity index (χ1n) is 4.30. The largest absolute Gasteiger partial charge is 1.00 e. The van der Waals surface area contributed by atoms with Gasteiger partial charge in [0.15, 0.2) is 0 Å². The normalized spacial score (nSPS) is 26.6. The maximum atomic E-state index is 11.3. The van der Waals surface area contributed by atoms with Gasteiger partial charge in [-0.25, -0.2) is 0 Å². The maximum Gasteiger partial charge on any atom is 1.00 e. The fourth-order valence-electron chi connectivity index (χ4n) is 1.95. The van der Waals surface area contributed by atoms with E-state index in [0.29, 0.717) is 0 Å². The van der Waals surface area contributed by atoms with E-state index in [1.165, 1.54) is 0 Å². The molecule has 4 heteroatoms. The van der Waals surface area contributed by atoms with E-state index in [4.69, 9.17) is 0 Å². The smallest absolute Gasteiger partial charge is 0.655 e. The van der Waals surface area contributed by atoms with E-state index in [9.17, 15) is 4.79 Å². The number of amides is 1. The Morgan fingerprint density at radius 1 is 1.54 bits per heavy atom. The van der Waals surface area contributed by atoms with E-state index in [0.717, 1.165) is 13.0 Å². The summed E-state index contributed by atoms with van der Waals surface area (Å²) in [5, 5.41) is 3.71. The third kappa shape index (κ3) is 3.61. The second-order valence-corrected chi connectivity index (χ2v) is 4.36. The molecule has 0 spiro atoms. The molecule has 0 aromatic rings. The molecule has 13 heavy (non-hydrogen) atoms. The molecule has 3 nitrogen and oxygen atoms in total. The summed E-state index contributed by atoms with van der Waals surface area (Å²) in [5.74, 6) is 0.0167. The molecular formula is C9H17KN2O. The first-order chi connectivity index (χ1) is 5.46. The average molecular weight is 208 g/mol. The van der Waals surface area contributed by atoms with Crippen LogP contribution in [0.1, 0.15) is 20.3 Å². The van der Waals surface area contributed by atoms with Crippen molar-refractivity contribution in [2.75, 3.05) is 20.6 Å². The molecule has 1 atom stereocenters. The first kappa shape index (κ1) is 14.1. The topological polar surface area (TPSA) is 34.4 Å². The number of nitrogens with zero attached hydrogens (tertiary/aromatic N) is 2. The molecule has 70 valence electrons. The minimum Gasteiger partial charge on any atom is -0.655 e. The molecule has 1 aliphatic rings. The van der Waals surface area contributed by atoms with Crippen LogP contribution in [0.25, 0.3) is 5.32 Å². The van der Waals surface area contributed by atoms with Gasteiger partial charge >= 0.3 is 51.4 Å². The van der Waals surface area contributed by atoms with Crippen molar-refractivity contribution in [2.24, 2.45) is 5.41 Å². The molecule has 1 fully saturated rings. The van der Waals surface area contributed by atoms with Crippen molar-refractivity contribution in [3.8, 4) is 0 Å². The van der Waals surface area contributed by atoms with Crippen LogP contribution in [-0.2, 0) is 4.79 Å². The number of likely N-dealkylation sites (N-methyl/N-ethyl adjacent to an activating group) is 2. The molecule has 1 saturated heterocycles. The zero-order valence-corrected chi connectivity index (χ0v) is 12.4. The van der Waals surface area contributed by atoms with E-state index in [-0.39, 0.29) is 68.7 Å². The van der Waals surface area contributed by atoms with E-state index in [1.54, 1.807) is 7.05 Å². The van der Waals surface area contributed by atoms with Gasteiger partial charge in [-0.2, -0.15) is 0 Å². The third-order valence-electron chi connectivity index (χ3n) is 2.46. The Bertz CT molecular complexity index is 194. The van der Waals surface area contributed by atoms with Crippen molar-refractivity contribution in [3.05, 3.63) is 5.32 Å². The van der Waals surface area contributed by atoms with Crippen molar-refractivity contribution < 1.29 is 56.2 Å². The summed E-state index contributed by atoms with van der Waals surface area (Å²) in [6.45, 7) is 5.36. The molecule has 0 aromatic carbocycles. The van der Waals surface area contributed by atoms with Crippen LogP contribution in [0.15, 0.2) is 0 Å². The van der Waals surface area contributed by atoms with Gasteiger partial charge in [-0.15, -0.1) is 7.05 Å². The third-order valence-corrected chi connectivity index (χ3v) is 2.46. The maximum absolute atomic E-state index is 11.3. The molecular weight excluding hydrogens is 191 g/mol. The van der Waals surface area contributed by atoms with Gasteiger partial charge in [0.1, 0.15) is 0 Å². The van der Waals surface area contributed by atoms with E-state index >= 15 is 0 Å². The van der Waals surface area contributed by atoms with Crippen LogP contribution >= 0.6 is 0 Å². The predicted molar refractivity (Wildman–Crippen MR) is 49.1 cm³/mol. The van der Waals surface area contributed by atoms with Crippen LogP contribution < -0.4 is 51.4 Å². The summed E-state index contributed by atoms with van der Waals surface area (Å²) in [4.78, 5) is 13.4. The van der Waals surface area contributed by atoms with Crippen molar-refractivity contribution in [1.29, 1.82) is 0 Å². The molecule has 1 unspecified atom stereocenters. The van der Waals surface area contributed by atoms with Gasteiger partial charge in [-0.3, -0.25) is 4.90 Å². The zero-order chi connectivity index (χ0) is 9.35. The quantitative estimate of drug-likeness (QED) is 0.479. The molecule has 0 N–H and O–H groups in total. The molecule has 1 rings (SSSR count). The van der Waals surface area contributed by atoms with Crippen LogP contribution in [0.3, 0.4) is 0 Å². The Labute approximate surface area is 123 Å². The van der Waals surface area contributed by atoms with Crippen molar-refractivity contribution in [1.82, 2.24) is 4.90 Å². The molecule has 0 bridgehead atoms. The summed E-state index contributed by atoms with van der Waals surface area (Å²) in [6, 6.07) is 0.0185. The monoisotopic (exact) mass is 208 g/mol. The minimum absolute atomic E-state index is 0. The van der Waals surface area contributed by atoms with Gasteiger partial charge in [0.05, 0.1) is 11.9 Å². The SMILES string of the molecule is C[N-]C(=O)C1CC(C)(C)CN1C.[K+]. The molecule has 0 aromatic heterocycles. The Morgan fingerprint density at radius 2 is 2.08 bits per heavy atom. The van der Waals surface area contributed by atoms with Crippen LogP contribution in [0.4, 0.5) is 0 Å². The standard InChI is InChI=1S/C9H18N2O.K/c1-9(2)5-7(8(12)10-3)11(4)6-9;/h7H,5-6H2,1-4H3,(H,10,12);/q;+1/p-1. The number of hydrogen-bond acceptors (Lipinski definition) is 2. The van der Waals surface area contributed by atoms with Crippen molar-refractivity contribution in [3.63, 3.8) is 0 Å². The van der Waals surface area contributed by atoms with E-state index in [1.807, 2.05) is 7.05 Å². The molecule has 1 aliphatic heterocycles. The Balaban J connectivity index is 0.00000144. The summed E-state index contributed by atoms with van der Waals surface area (Å²) in [6.07, 6.45) is 0.930. The van der Waals surface area contributed by atoms with E-state index < -0.39 is 0 Å². The second-order valence-electron chi connectivity index (χ2n) is 4.36. The molecule has 1 heterocycles. The van der Waals surface area contributed by atoms with Gasteiger partial charge in [0, 0.05) is 6.54 Å². The molecule has 1 amide bonds. The zero-order valence-electron chi connectivity index (χ0n) is 9.29. The van der Waals surface area contributed by atoms with Crippen molar-refractivity contribution >= 4 is 5.91 Å². The van der Waals surface area contributed by atoms with Crippen LogP contribution in [-0.4, -0.2) is 37.5 Å². The van der Waals surface area contributed by atoms with Crippen LogP contribution in [0.5, 0.6) is 0 Å². The summed E-state index contributed by atoms with van der Waals surface area (Å²) < 4.78 is 0. The number of hydrogen-bond donors (Lipinski definition) is 0. The summed E-state index contributed by atoms with van der Waals surface area (Å²) in [5.41, 5.74) is 0.264. The minimum atomic E-state index is 0. The van der Waals surface area contributed by atoms with Gasteiger partial charge in [-0.05, 0) is 18.9 Å². The van der Waals surface area contributed by atoms with Crippen LogP contribution in [0.2, 0.25) is 0 Å². The van der Waals surface area contributed by atoms with Gasteiger partial charge in [0.2, 0.25) is 0 Å². The summed E-state index contributed by atoms with van der Waals surface area (Å²) >= 11 is 0. The fourth-order valence-corrected chi connectivity index (χ4v) is 1.95. The molecule has 0 radical (unpaired) electrons. The summed E-state index contributed by atoms with van der Waals surface area (Å²) in [7, 11) is 3.56. The Morgan fingerprint density at radius 3 is 2.38 bits per heavy atom. The number of carbonyl (C=O) groups is 1. The Kier molecular flexibility index (Phi) is 5.66. The predicted octanol–water partition coefficient (Wildman–Crippen LogP) is -1.75. The second kappa shape index (κ2) is 5.23. The number of likely N-dealkylation sites (tertiary alicyclic amines) is 1. The van der Waals surface area contributed by atoms with Crippen molar-refractivity contribution in [2.45, 2.75) is 26.3 Å². The van der Waals surface area contributed by atoms with E-state index in [2.05, 4.69) is 24.1 Å². The average Bonchev–Trinajstić information content (AvgIpc) is 2.23. The molecule has 0 saturated carbocycles. The fraction of sp³-hybridized carbons (Fsp3) is 0.889. The van der Waals surface area contributed by atoms with Gasteiger partial charge < -0.3 is 10.1 Å². The number of carbonyl (C=O) groups excluding carboxylic acids is 1. The first-order valence-corrected chi connectivity index (χ1v) is 4.30. The number of rotatable bonds is 1. The van der Waals surface area contributed by atoms with Gasteiger partial charge in [-0.1, -0.05) is 13.8 Å². The Hall–Kier alpha value is 1.07.